The molecule has 0 aliphatic carbocycles. The number of aryl methyl sites for hydroxylation is 2. The SMILES string of the molecule is Cc1ccc(CN=C(NCC(c2cnn(C)c2)N(C)C)Nc2ccccc2)cc1. The molecule has 0 spiro atoms. The molecule has 1 heterocycles. The molecule has 3 rings (SSSR count). The Balaban J connectivity index is 1.74. The van der Waals surface area contributed by atoms with Crippen molar-refractivity contribution in [2.45, 2.75) is 19.5 Å². The average Bonchev–Trinajstić information content (AvgIpc) is 3.13. The molecule has 0 amide bonds. The monoisotopic (exact) mass is 390 g/mol. The van der Waals surface area contributed by atoms with E-state index in [1.165, 1.54) is 16.7 Å². The van der Waals surface area contributed by atoms with Gasteiger partial charge in [-0.15, -0.1) is 0 Å². The Morgan fingerprint density at radius 3 is 2.45 bits per heavy atom. The van der Waals surface area contributed by atoms with Crippen molar-refractivity contribution in [3.63, 3.8) is 0 Å². The van der Waals surface area contributed by atoms with Gasteiger partial charge in [0.25, 0.3) is 0 Å². The summed E-state index contributed by atoms with van der Waals surface area (Å²) in [6.07, 6.45) is 3.97. The van der Waals surface area contributed by atoms with Crippen LogP contribution in [0.25, 0.3) is 0 Å². The van der Waals surface area contributed by atoms with E-state index in [0.29, 0.717) is 13.1 Å². The van der Waals surface area contributed by atoms with Crippen LogP contribution in [0, 0.1) is 6.92 Å². The molecular weight excluding hydrogens is 360 g/mol. The van der Waals surface area contributed by atoms with Gasteiger partial charge in [-0.2, -0.15) is 5.10 Å². The third-order valence-electron chi connectivity index (χ3n) is 4.77. The highest BCUT2D eigenvalue weighted by Gasteiger charge is 2.16. The Bertz CT molecular complexity index is 912. The summed E-state index contributed by atoms with van der Waals surface area (Å²) >= 11 is 0. The number of para-hydroxylation sites is 1. The van der Waals surface area contributed by atoms with Gasteiger partial charge in [0.1, 0.15) is 0 Å². The maximum atomic E-state index is 4.80. The molecule has 0 aliphatic heterocycles. The molecule has 152 valence electrons. The molecule has 0 saturated carbocycles. The van der Waals surface area contributed by atoms with Crippen LogP contribution in [0.3, 0.4) is 0 Å². The first kappa shape index (κ1) is 20.6. The second-order valence-electron chi connectivity index (χ2n) is 7.45. The first-order valence-electron chi connectivity index (χ1n) is 9.82. The summed E-state index contributed by atoms with van der Waals surface area (Å²) in [5.74, 6) is 0.757. The molecule has 0 fully saturated rings. The zero-order valence-electron chi connectivity index (χ0n) is 17.6. The molecule has 1 unspecified atom stereocenters. The van der Waals surface area contributed by atoms with Gasteiger partial charge >= 0.3 is 0 Å². The topological polar surface area (TPSA) is 57.5 Å². The van der Waals surface area contributed by atoms with Crippen molar-refractivity contribution >= 4 is 11.6 Å². The minimum absolute atomic E-state index is 0.186. The number of nitrogens with zero attached hydrogens (tertiary/aromatic N) is 4. The van der Waals surface area contributed by atoms with Gasteiger partial charge in [0.2, 0.25) is 0 Å². The van der Waals surface area contributed by atoms with Gasteiger partial charge in [0, 0.05) is 31.0 Å². The van der Waals surface area contributed by atoms with Gasteiger partial charge < -0.3 is 15.5 Å². The van der Waals surface area contributed by atoms with E-state index in [1.54, 1.807) is 0 Å². The van der Waals surface area contributed by atoms with E-state index in [9.17, 15) is 0 Å². The quantitative estimate of drug-likeness (QED) is 0.478. The summed E-state index contributed by atoms with van der Waals surface area (Å²) in [4.78, 5) is 6.99. The van der Waals surface area contributed by atoms with Crippen LogP contribution in [0.15, 0.2) is 72.0 Å². The van der Waals surface area contributed by atoms with Crippen LogP contribution in [0.5, 0.6) is 0 Å². The molecule has 6 heteroatoms. The Kier molecular flexibility index (Phi) is 7.03. The van der Waals surface area contributed by atoms with Crippen molar-refractivity contribution in [3.05, 3.63) is 83.7 Å². The number of nitrogens with one attached hydrogen (secondary N) is 2. The van der Waals surface area contributed by atoms with Crippen LogP contribution >= 0.6 is 0 Å². The lowest BCUT2D eigenvalue weighted by atomic mass is 10.1. The van der Waals surface area contributed by atoms with E-state index in [0.717, 1.165) is 11.6 Å². The van der Waals surface area contributed by atoms with Crippen molar-refractivity contribution in [1.82, 2.24) is 20.0 Å². The first-order valence-corrected chi connectivity index (χ1v) is 9.82. The van der Waals surface area contributed by atoms with Crippen LogP contribution < -0.4 is 10.6 Å². The van der Waals surface area contributed by atoms with Crippen molar-refractivity contribution in [3.8, 4) is 0 Å². The predicted octanol–water partition coefficient (Wildman–Crippen LogP) is 3.59. The van der Waals surface area contributed by atoms with Gasteiger partial charge in [-0.1, -0.05) is 48.0 Å². The van der Waals surface area contributed by atoms with E-state index in [-0.39, 0.29) is 6.04 Å². The van der Waals surface area contributed by atoms with Crippen LogP contribution in [0.2, 0.25) is 0 Å². The number of likely N-dealkylation sites (N-methyl/N-ethyl adjacent to an activating group) is 1. The maximum absolute atomic E-state index is 4.80. The molecule has 2 aromatic carbocycles. The smallest absolute Gasteiger partial charge is 0.196 e. The summed E-state index contributed by atoms with van der Waals surface area (Å²) < 4.78 is 1.83. The molecule has 6 nitrogen and oxygen atoms in total. The van der Waals surface area contributed by atoms with Crippen LogP contribution in [0.4, 0.5) is 5.69 Å². The van der Waals surface area contributed by atoms with Gasteiger partial charge in [0.15, 0.2) is 5.96 Å². The fraction of sp³-hybridized carbons (Fsp3) is 0.304. The normalized spacial score (nSPS) is 12.8. The Hall–Kier alpha value is -3.12. The summed E-state index contributed by atoms with van der Waals surface area (Å²) in [5, 5.41) is 11.2. The Labute approximate surface area is 173 Å². The maximum Gasteiger partial charge on any atom is 0.196 e. The van der Waals surface area contributed by atoms with E-state index in [1.807, 2.05) is 48.3 Å². The Morgan fingerprint density at radius 1 is 1.10 bits per heavy atom. The largest absolute Gasteiger partial charge is 0.354 e. The van der Waals surface area contributed by atoms with Crippen LogP contribution in [-0.2, 0) is 13.6 Å². The van der Waals surface area contributed by atoms with Crippen LogP contribution in [0.1, 0.15) is 22.7 Å². The highest BCUT2D eigenvalue weighted by Crippen LogP contribution is 2.16. The van der Waals surface area contributed by atoms with E-state index >= 15 is 0 Å². The molecule has 1 aromatic heterocycles. The zero-order valence-corrected chi connectivity index (χ0v) is 17.6. The third kappa shape index (κ3) is 6.19. The second kappa shape index (κ2) is 9.89. The van der Waals surface area contributed by atoms with Crippen molar-refractivity contribution in [2.24, 2.45) is 12.0 Å². The number of hydrogen-bond acceptors (Lipinski definition) is 3. The zero-order chi connectivity index (χ0) is 20.6. The van der Waals surface area contributed by atoms with Gasteiger partial charge in [0.05, 0.1) is 18.8 Å². The predicted molar refractivity (Wildman–Crippen MR) is 120 cm³/mol. The summed E-state index contributed by atoms with van der Waals surface area (Å²) in [5.41, 5.74) is 4.61. The minimum Gasteiger partial charge on any atom is -0.354 e. The number of aliphatic imine (C=N–C) groups is 1. The molecule has 29 heavy (non-hydrogen) atoms. The lowest BCUT2D eigenvalue weighted by Gasteiger charge is -2.24. The van der Waals surface area contributed by atoms with E-state index < -0.39 is 0 Å². The summed E-state index contributed by atoms with van der Waals surface area (Å²) in [6, 6.07) is 18.8. The number of hydrogen-bond donors (Lipinski definition) is 2. The summed E-state index contributed by atoms with van der Waals surface area (Å²) in [7, 11) is 6.09. The summed E-state index contributed by atoms with van der Waals surface area (Å²) in [6.45, 7) is 3.42. The van der Waals surface area contributed by atoms with Gasteiger partial charge in [-0.05, 0) is 38.7 Å². The number of guanidine groups is 1. The molecule has 0 radical (unpaired) electrons. The molecule has 3 aromatic rings. The molecular formula is C23H30N6. The number of benzene rings is 2. The number of anilines is 1. The lowest BCUT2D eigenvalue weighted by molar-refractivity contribution is 0.298. The molecule has 0 saturated heterocycles. The number of aromatic nitrogens is 2. The van der Waals surface area contributed by atoms with Crippen molar-refractivity contribution < 1.29 is 0 Å². The third-order valence-corrected chi connectivity index (χ3v) is 4.77. The lowest BCUT2D eigenvalue weighted by Crippen LogP contribution is -2.38. The number of rotatable bonds is 7. The fourth-order valence-electron chi connectivity index (χ4n) is 3.07. The standard InChI is InChI=1S/C23H30N6/c1-18-10-12-19(13-11-18)14-24-23(27-21-8-6-5-7-9-21)25-16-22(28(2)3)20-15-26-29(4)17-20/h5-13,15,17,22H,14,16H2,1-4H3,(H2,24,25,27). The minimum atomic E-state index is 0.186. The van der Waals surface area contributed by atoms with E-state index in [2.05, 4.69) is 72.1 Å². The molecule has 0 bridgehead atoms. The molecule has 1 atom stereocenters. The van der Waals surface area contributed by atoms with Crippen molar-refractivity contribution in [2.75, 3.05) is 26.0 Å². The van der Waals surface area contributed by atoms with Gasteiger partial charge in [-0.3, -0.25) is 4.68 Å². The van der Waals surface area contributed by atoms with Crippen LogP contribution in [-0.4, -0.2) is 41.3 Å². The molecule has 0 aliphatic rings. The Morgan fingerprint density at radius 2 is 1.83 bits per heavy atom. The van der Waals surface area contributed by atoms with Crippen molar-refractivity contribution in [1.29, 1.82) is 0 Å². The fourth-order valence-corrected chi connectivity index (χ4v) is 3.07. The average molecular weight is 391 g/mol. The highest BCUT2D eigenvalue weighted by molar-refractivity contribution is 5.93. The first-order chi connectivity index (χ1) is 14.0. The van der Waals surface area contributed by atoms with Gasteiger partial charge in [-0.25, -0.2) is 4.99 Å². The highest BCUT2D eigenvalue weighted by atomic mass is 15.3. The second-order valence-corrected chi connectivity index (χ2v) is 7.45. The van der Waals surface area contributed by atoms with E-state index in [4.69, 9.17) is 4.99 Å². The molecule has 2 N–H and O–H groups in total.